The number of carbonyl (C=O) groups excluding carboxylic acids is 1. The Morgan fingerprint density at radius 2 is 2.17 bits per heavy atom. The molecule has 0 aliphatic rings. The van der Waals surface area contributed by atoms with Crippen LogP contribution in [0.25, 0.3) is 0 Å². The Hall–Kier alpha value is -2.22. The van der Waals surface area contributed by atoms with Crippen molar-refractivity contribution in [2.45, 2.75) is 0 Å². The van der Waals surface area contributed by atoms with Crippen LogP contribution in [0.1, 0.15) is 21.0 Å². The third kappa shape index (κ3) is 2.72. The van der Waals surface area contributed by atoms with Crippen LogP contribution in [0, 0.1) is 0 Å². The first-order chi connectivity index (χ1) is 8.56. The highest BCUT2D eigenvalue weighted by Crippen LogP contribution is 2.10. The van der Waals surface area contributed by atoms with Crippen molar-refractivity contribution in [3.8, 4) is 0 Å². The third-order valence-electron chi connectivity index (χ3n) is 2.00. The minimum absolute atomic E-state index is 0.104. The number of carbonyl (C=O) groups is 2. The first-order valence-electron chi connectivity index (χ1n) is 4.79. The Morgan fingerprint density at radius 1 is 1.39 bits per heavy atom. The summed E-state index contributed by atoms with van der Waals surface area (Å²) in [6, 6.07) is 6.11. The molecule has 2 rings (SSSR count). The second kappa shape index (κ2) is 4.96. The van der Waals surface area contributed by atoms with Crippen LogP contribution >= 0.6 is 15.9 Å². The van der Waals surface area contributed by atoms with E-state index >= 15 is 0 Å². The molecule has 3 N–H and O–H groups in total. The first kappa shape index (κ1) is 12.2. The van der Waals surface area contributed by atoms with Gasteiger partial charge in [-0.2, -0.15) is 5.10 Å². The number of halogens is 1. The van der Waals surface area contributed by atoms with Crippen LogP contribution in [0.2, 0.25) is 0 Å². The van der Waals surface area contributed by atoms with Crippen LogP contribution in [0.3, 0.4) is 0 Å². The number of aromatic nitrogens is 3. The zero-order chi connectivity index (χ0) is 13.1. The molecule has 0 bridgehead atoms. The van der Waals surface area contributed by atoms with Crippen molar-refractivity contribution in [1.82, 2.24) is 15.2 Å². The molecule has 7 nitrogen and oxygen atoms in total. The second-order valence-corrected chi connectivity index (χ2v) is 4.08. The van der Waals surface area contributed by atoms with Gasteiger partial charge in [0.15, 0.2) is 5.82 Å². The number of carboxylic acid groups (broad SMARTS) is 1. The Bertz CT molecular complexity index is 611. The van der Waals surface area contributed by atoms with Crippen molar-refractivity contribution < 1.29 is 14.7 Å². The fourth-order valence-corrected chi connectivity index (χ4v) is 1.55. The lowest BCUT2D eigenvalue weighted by Crippen LogP contribution is -2.13. The molecule has 0 atom stereocenters. The van der Waals surface area contributed by atoms with Crippen molar-refractivity contribution in [3.05, 3.63) is 40.3 Å². The number of hydrogen-bond acceptors (Lipinski definition) is 4. The molecule has 0 fully saturated rings. The van der Waals surface area contributed by atoms with Crippen molar-refractivity contribution in [2.75, 3.05) is 5.32 Å². The van der Waals surface area contributed by atoms with E-state index in [0.717, 1.165) is 0 Å². The second-order valence-electron chi connectivity index (χ2n) is 3.27. The maximum atomic E-state index is 11.7. The molecule has 2 aromatic heterocycles. The number of amides is 1. The molecule has 0 radical (unpaired) electrons. The highest BCUT2D eigenvalue weighted by atomic mass is 79.9. The van der Waals surface area contributed by atoms with E-state index < -0.39 is 11.9 Å². The fourth-order valence-electron chi connectivity index (χ4n) is 1.21. The van der Waals surface area contributed by atoms with Gasteiger partial charge in [-0.1, -0.05) is 6.07 Å². The molecule has 0 aliphatic carbocycles. The highest BCUT2D eigenvalue weighted by Gasteiger charge is 2.12. The van der Waals surface area contributed by atoms with E-state index in [2.05, 4.69) is 36.4 Å². The van der Waals surface area contributed by atoms with Gasteiger partial charge in [0.1, 0.15) is 16.0 Å². The molecular formula is C10H7BrN4O3. The number of rotatable bonds is 3. The molecule has 0 aliphatic heterocycles. The largest absolute Gasteiger partial charge is 0.477 e. The number of nitrogens with zero attached hydrogens (tertiary/aromatic N) is 2. The zero-order valence-electron chi connectivity index (χ0n) is 8.85. The van der Waals surface area contributed by atoms with Gasteiger partial charge in [0.25, 0.3) is 5.91 Å². The Labute approximate surface area is 109 Å². The number of carboxylic acids is 1. The molecule has 0 aromatic carbocycles. The summed E-state index contributed by atoms with van der Waals surface area (Å²) in [4.78, 5) is 26.3. The lowest BCUT2D eigenvalue weighted by Gasteiger charge is -2.00. The number of nitrogens with one attached hydrogen (secondary N) is 2. The molecule has 0 spiro atoms. The lowest BCUT2D eigenvalue weighted by molar-refractivity contribution is 0.0690. The van der Waals surface area contributed by atoms with Gasteiger partial charge in [-0.15, -0.1) is 0 Å². The van der Waals surface area contributed by atoms with E-state index in [1.165, 1.54) is 12.1 Å². The molecule has 0 saturated heterocycles. The van der Waals surface area contributed by atoms with Gasteiger partial charge in [0.05, 0.1) is 0 Å². The maximum absolute atomic E-state index is 11.7. The third-order valence-corrected chi connectivity index (χ3v) is 2.44. The number of anilines is 1. The summed E-state index contributed by atoms with van der Waals surface area (Å²) in [5, 5.41) is 17.0. The van der Waals surface area contributed by atoms with Gasteiger partial charge in [-0.25, -0.2) is 9.78 Å². The molecule has 92 valence electrons. The Morgan fingerprint density at radius 3 is 2.78 bits per heavy atom. The van der Waals surface area contributed by atoms with Crippen LogP contribution < -0.4 is 5.32 Å². The molecule has 1 amide bonds. The molecule has 0 saturated carbocycles. The van der Waals surface area contributed by atoms with Gasteiger partial charge < -0.3 is 10.4 Å². The van der Waals surface area contributed by atoms with Crippen molar-refractivity contribution >= 4 is 33.6 Å². The molecule has 8 heteroatoms. The molecule has 0 unspecified atom stereocenters. The standard InChI is InChI=1S/C10H7BrN4O3/c11-7-3-1-2-5(12-7)9(16)13-8-4-6(10(17)18)14-15-8/h1-4H,(H,17,18)(H2,13,14,15,16). The van der Waals surface area contributed by atoms with Crippen molar-refractivity contribution in [2.24, 2.45) is 0 Å². The van der Waals surface area contributed by atoms with Crippen LogP contribution in [-0.2, 0) is 0 Å². The Balaban J connectivity index is 2.13. The van der Waals surface area contributed by atoms with E-state index in [4.69, 9.17) is 5.11 Å². The molecule has 18 heavy (non-hydrogen) atoms. The van der Waals surface area contributed by atoms with Crippen molar-refractivity contribution in [1.29, 1.82) is 0 Å². The molecule has 2 aromatic rings. The zero-order valence-corrected chi connectivity index (χ0v) is 10.4. The quantitative estimate of drug-likeness (QED) is 0.745. The monoisotopic (exact) mass is 310 g/mol. The summed E-state index contributed by atoms with van der Waals surface area (Å²) in [5.41, 5.74) is 0.0942. The minimum Gasteiger partial charge on any atom is -0.477 e. The van der Waals surface area contributed by atoms with Gasteiger partial charge >= 0.3 is 5.97 Å². The lowest BCUT2D eigenvalue weighted by atomic mass is 10.3. The van der Waals surface area contributed by atoms with E-state index in [1.54, 1.807) is 12.1 Å². The summed E-state index contributed by atoms with van der Waals surface area (Å²) in [7, 11) is 0. The summed E-state index contributed by atoms with van der Waals surface area (Å²) in [6.45, 7) is 0. The van der Waals surface area contributed by atoms with Gasteiger partial charge in [-0.3, -0.25) is 9.89 Å². The van der Waals surface area contributed by atoms with Gasteiger partial charge in [-0.05, 0) is 28.1 Å². The Kier molecular flexibility index (Phi) is 3.38. The number of aromatic carboxylic acids is 1. The van der Waals surface area contributed by atoms with E-state index in [-0.39, 0.29) is 17.2 Å². The highest BCUT2D eigenvalue weighted by molar-refractivity contribution is 9.10. The average Bonchev–Trinajstić information content (AvgIpc) is 2.77. The average molecular weight is 311 g/mol. The predicted octanol–water partition coefficient (Wildman–Crippen LogP) is 1.52. The van der Waals surface area contributed by atoms with Gasteiger partial charge in [0.2, 0.25) is 0 Å². The topological polar surface area (TPSA) is 108 Å². The number of aromatic amines is 1. The van der Waals surface area contributed by atoms with E-state index in [1.807, 2.05) is 0 Å². The maximum Gasteiger partial charge on any atom is 0.353 e. The van der Waals surface area contributed by atoms with Gasteiger partial charge in [0, 0.05) is 6.07 Å². The summed E-state index contributed by atoms with van der Waals surface area (Å²) in [5.74, 6) is -1.50. The van der Waals surface area contributed by atoms with Crippen LogP contribution in [0.15, 0.2) is 28.9 Å². The summed E-state index contributed by atoms with van der Waals surface area (Å²) >= 11 is 3.15. The summed E-state index contributed by atoms with van der Waals surface area (Å²) < 4.78 is 0.531. The fraction of sp³-hybridized carbons (Fsp3) is 0. The number of H-pyrrole nitrogens is 1. The smallest absolute Gasteiger partial charge is 0.353 e. The molecule has 2 heterocycles. The van der Waals surface area contributed by atoms with Crippen LogP contribution in [0.4, 0.5) is 5.82 Å². The SMILES string of the molecule is O=C(Nc1cc(C(=O)O)[nH]n1)c1cccc(Br)n1. The van der Waals surface area contributed by atoms with Crippen molar-refractivity contribution in [3.63, 3.8) is 0 Å². The minimum atomic E-state index is -1.15. The summed E-state index contributed by atoms with van der Waals surface area (Å²) in [6.07, 6.45) is 0. The normalized spacial score (nSPS) is 10.1. The first-order valence-corrected chi connectivity index (χ1v) is 5.58. The number of hydrogen-bond donors (Lipinski definition) is 3. The van der Waals surface area contributed by atoms with E-state index in [0.29, 0.717) is 4.60 Å². The van der Waals surface area contributed by atoms with E-state index in [9.17, 15) is 9.59 Å². The number of pyridine rings is 1. The van der Waals surface area contributed by atoms with Crippen LogP contribution in [0.5, 0.6) is 0 Å². The van der Waals surface area contributed by atoms with Crippen LogP contribution in [-0.4, -0.2) is 32.2 Å². The predicted molar refractivity (Wildman–Crippen MR) is 65.4 cm³/mol. The molecular weight excluding hydrogens is 304 g/mol.